The van der Waals surface area contributed by atoms with Crippen LogP contribution in [0.15, 0.2) is 24.3 Å². The van der Waals surface area contributed by atoms with Crippen LogP contribution in [0.2, 0.25) is 0 Å². The van der Waals surface area contributed by atoms with E-state index in [1.54, 1.807) is 31.2 Å². The molecule has 0 aromatic heterocycles. The zero-order chi connectivity index (χ0) is 15.8. The molecule has 0 radical (unpaired) electrons. The van der Waals surface area contributed by atoms with Crippen LogP contribution >= 0.6 is 0 Å². The van der Waals surface area contributed by atoms with Gasteiger partial charge < -0.3 is 15.3 Å². The molecular formula is C15H19N3O3. The first-order valence-corrected chi connectivity index (χ1v) is 6.73. The summed E-state index contributed by atoms with van der Waals surface area (Å²) in [6, 6.07) is 8.54. The number of hydrogen-bond acceptors (Lipinski definition) is 3. The minimum Gasteiger partial charge on any atom is -0.481 e. The number of rotatable bonds is 6. The normalized spacial score (nSPS) is 11.3. The van der Waals surface area contributed by atoms with Crippen LogP contribution in [0.1, 0.15) is 19.4 Å². The molecule has 1 unspecified atom stereocenters. The van der Waals surface area contributed by atoms with Crippen molar-refractivity contribution < 1.29 is 14.7 Å². The van der Waals surface area contributed by atoms with Crippen LogP contribution < -0.4 is 5.32 Å². The largest absolute Gasteiger partial charge is 0.481 e. The van der Waals surface area contributed by atoms with Crippen molar-refractivity contribution in [1.29, 1.82) is 5.26 Å². The standard InChI is InChI=1S/C15H19N3O3/c1-3-18(10-11(2)9-16)15(21)17-13-7-5-4-6-12(13)8-14(19)20/h4-7,11H,3,8,10H2,1-2H3,(H,17,21)(H,19,20). The number of carbonyl (C=O) groups excluding carboxylic acids is 1. The van der Waals surface area contributed by atoms with Crippen molar-refractivity contribution >= 4 is 17.7 Å². The van der Waals surface area contributed by atoms with Gasteiger partial charge in [-0.3, -0.25) is 4.79 Å². The number of urea groups is 1. The molecule has 0 spiro atoms. The molecule has 0 bridgehead atoms. The molecule has 6 nitrogen and oxygen atoms in total. The van der Waals surface area contributed by atoms with E-state index in [1.165, 1.54) is 4.90 Å². The molecule has 6 heteroatoms. The van der Waals surface area contributed by atoms with Crippen LogP contribution in [0.5, 0.6) is 0 Å². The van der Waals surface area contributed by atoms with Crippen LogP contribution in [0, 0.1) is 17.2 Å². The van der Waals surface area contributed by atoms with Crippen LogP contribution in [0.3, 0.4) is 0 Å². The third-order valence-electron chi connectivity index (χ3n) is 2.98. The Bertz CT molecular complexity index is 551. The fourth-order valence-electron chi connectivity index (χ4n) is 1.88. The number of benzene rings is 1. The molecule has 0 aliphatic carbocycles. The average molecular weight is 289 g/mol. The summed E-state index contributed by atoms with van der Waals surface area (Å²) in [5.41, 5.74) is 1.02. The van der Waals surface area contributed by atoms with Gasteiger partial charge in [-0.25, -0.2) is 4.79 Å². The van der Waals surface area contributed by atoms with Gasteiger partial charge in [0.25, 0.3) is 0 Å². The van der Waals surface area contributed by atoms with Gasteiger partial charge in [-0.05, 0) is 25.5 Å². The molecule has 2 N–H and O–H groups in total. The van der Waals surface area contributed by atoms with Crippen molar-refractivity contribution in [1.82, 2.24) is 4.90 Å². The quantitative estimate of drug-likeness (QED) is 0.840. The van der Waals surface area contributed by atoms with E-state index in [2.05, 4.69) is 11.4 Å². The van der Waals surface area contributed by atoms with Crippen LogP contribution in [-0.2, 0) is 11.2 Å². The fourth-order valence-corrected chi connectivity index (χ4v) is 1.88. The second-order valence-corrected chi connectivity index (χ2v) is 4.73. The first-order valence-electron chi connectivity index (χ1n) is 6.73. The lowest BCUT2D eigenvalue weighted by molar-refractivity contribution is -0.136. The van der Waals surface area contributed by atoms with E-state index in [0.717, 1.165) is 0 Å². The second kappa shape index (κ2) is 7.90. The predicted octanol–water partition coefficient (Wildman–Crippen LogP) is 2.33. The molecule has 0 aliphatic rings. The summed E-state index contributed by atoms with van der Waals surface area (Å²) in [5.74, 6) is -1.22. The molecule has 0 saturated carbocycles. The molecule has 1 aromatic carbocycles. The third kappa shape index (κ3) is 5.15. The highest BCUT2D eigenvalue weighted by Gasteiger charge is 2.16. The number of nitrogens with one attached hydrogen (secondary N) is 1. The molecule has 112 valence electrons. The number of carbonyl (C=O) groups is 2. The SMILES string of the molecule is CCN(CC(C)C#N)C(=O)Nc1ccccc1CC(=O)O. The zero-order valence-corrected chi connectivity index (χ0v) is 12.2. The Morgan fingerprint density at radius 2 is 2.10 bits per heavy atom. The summed E-state index contributed by atoms with van der Waals surface area (Å²) in [4.78, 5) is 24.5. The number of amides is 2. The van der Waals surface area contributed by atoms with E-state index in [1.807, 2.05) is 6.92 Å². The summed E-state index contributed by atoms with van der Waals surface area (Å²) >= 11 is 0. The number of hydrogen-bond donors (Lipinski definition) is 2. The van der Waals surface area contributed by atoms with Gasteiger partial charge in [0, 0.05) is 18.8 Å². The highest BCUT2D eigenvalue weighted by atomic mass is 16.4. The lowest BCUT2D eigenvalue weighted by Crippen LogP contribution is -2.37. The van der Waals surface area contributed by atoms with E-state index in [0.29, 0.717) is 24.3 Å². The van der Waals surface area contributed by atoms with Crippen molar-refractivity contribution in [3.05, 3.63) is 29.8 Å². The van der Waals surface area contributed by atoms with Crippen molar-refractivity contribution in [3.63, 3.8) is 0 Å². The highest BCUT2D eigenvalue weighted by molar-refractivity contribution is 5.91. The molecule has 0 fully saturated rings. The number of carboxylic acids is 1. The van der Waals surface area contributed by atoms with E-state index >= 15 is 0 Å². The molecule has 1 aromatic rings. The van der Waals surface area contributed by atoms with Crippen LogP contribution in [-0.4, -0.2) is 35.1 Å². The fraction of sp³-hybridized carbons (Fsp3) is 0.400. The smallest absolute Gasteiger partial charge is 0.321 e. The molecule has 2 amide bonds. The van der Waals surface area contributed by atoms with Crippen LogP contribution in [0.25, 0.3) is 0 Å². The minimum absolute atomic E-state index is 0.156. The Hall–Kier alpha value is -2.55. The first kappa shape index (κ1) is 16.5. The third-order valence-corrected chi connectivity index (χ3v) is 2.98. The Morgan fingerprint density at radius 1 is 1.43 bits per heavy atom. The van der Waals surface area contributed by atoms with Gasteiger partial charge in [-0.2, -0.15) is 5.26 Å². The van der Waals surface area contributed by atoms with Crippen molar-refractivity contribution in [3.8, 4) is 6.07 Å². The Morgan fingerprint density at radius 3 is 2.67 bits per heavy atom. The maximum Gasteiger partial charge on any atom is 0.321 e. The lowest BCUT2D eigenvalue weighted by atomic mass is 10.1. The lowest BCUT2D eigenvalue weighted by Gasteiger charge is -2.23. The number of carboxylic acid groups (broad SMARTS) is 1. The molecule has 21 heavy (non-hydrogen) atoms. The average Bonchev–Trinajstić information content (AvgIpc) is 2.45. The molecular weight excluding hydrogens is 270 g/mol. The maximum absolute atomic E-state index is 12.2. The van der Waals surface area contributed by atoms with E-state index in [-0.39, 0.29) is 18.4 Å². The molecule has 0 aliphatic heterocycles. The molecule has 0 saturated heterocycles. The summed E-state index contributed by atoms with van der Waals surface area (Å²) < 4.78 is 0. The van der Waals surface area contributed by atoms with Gasteiger partial charge in [-0.1, -0.05) is 18.2 Å². The Balaban J connectivity index is 2.82. The topological polar surface area (TPSA) is 93.4 Å². The van der Waals surface area contributed by atoms with E-state index < -0.39 is 5.97 Å². The zero-order valence-electron chi connectivity index (χ0n) is 12.2. The summed E-state index contributed by atoms with van der Waals surface area (Å²) in [6.45, 7) is 4.38. The number of nitriles is 1. The summed E-state index contributed by atoms with van der Waals surface area (Å²) in [7, 11) is 0. The van der Waals surface area contributed by atoms with Crippen molar-refractivity contribution in [2.45, 2.75) is 20.3 Å². The number of anilines is 1. The summed E-state index contributed by atoms with van der Waals surface area (Å²) in [6.07, 6.45) is -0.156. The minimum atomic E-state index is -0.956. The molecule has 0 heterocycles. The van der Waals surface area contributed by atoms with E-state index in [4.69, 9.17) is 10.4 Å². The molecule has 1 atom stereocenters. The monoisotopic (exact) mass is 289 g/mol. The molecule has 1 rings (SSSR count). The predicted molar refractivity (Wildman–Crippen MR) is 78.8 cm³/mol. The first-order chi connectivity index (χ1) is 9.97. The van der Waals surface area contributed by atoms with Crippen molar-refractivity contribution in [2.24, 2.45) is 5.92 Å². The van der Waals surface area contributed by atoms with Gasteiger partial charge >= 0.3 is 12.0 Å². The Labute approximate surface area is 124 Å². The van der Waals surface area contributed by atoms with Gasteiger partial charge in [-0.15, -0.1) is 0 Å². The summed E-state index contributed by atoms with van der Waals surface area (Å²) in [5, 5.41) is 20.4. The second-order valence-electron chi connectivity index (χ2n) is 4.73. The van der Waals surface area contributed by atoms with Crippen molar-refractivity contribution in [2.75, 3.05) is 18.4 Å². The number of aliphatic carboxylic acids is 1. The van der Waals surface area contributed by atoms with Gasteiger partial charge in [0.2, 0.25) is 0 Å². The number of nitrogens with zero attached hydrogens (tertiary/aromatic N) is 2. The number of para-hydroxylation sites is 1. The maximum atomic E-state index is 12.2. The van der Waals surface area contributed by atoms with Crippen LogP contribution in [0.4, 0.5) is 10.5 Å². The van der Waals surface area contributed by atoms with Gasteiger partial charge in [0.05, 0.1) is 18.4 Å². The van der Waals surface area contributed by atoms with E-state index in [9.17, 15) is 9.59 Å². The van der Waals surface area contributed by atoms with Gasteiger partial charge in [0.1, 0.15) is 0 Å². The highest BCUT2D eigenvalue weighted by Crippen LogP contribution is 2.16. The Kier molecular flexibility index (Phi) is 6.21. The van der Waals surface area contributed by atoms with Gasteiger partial charge in [0.15, 0.2) is 0 Å².